The first kappa shape index (κ1) is 22.1. The van der Waals surface area contributed by atoms with E-state index in [2.05, 4.69) is 10.1 Å². The Morgan fingerprint density at radius 2 is 1.48 bits per heavy atom. The van der Waals surface area contributed by atoms with Crippen LogP contribution < -0.4 is 10.1 Å². The summed E-state index contributed by atoms with van der Waals surface area (Å²) < 4.78 is 74.9. The summed E-state index contributed by atoms with van der Waals surface area (Å²) in [5.74, 6) is -15.2. The number of aliphatic hydroxyl groups is 1. The van der Waals surface area contributed by atoms with E-state index in [9.17, 15) is 36.6 Å². The Kier molecular flexibility index (Phi) is 7.48. The lowest BCUT2D eigenvalue weighted by molar-refractivity contribution is -0.144. The zero-order valence-electron chi connectivity index (χ0n) is 14.6. The molecule has 0 aliphatic heterocycles. The van der Waals surface area contributed by atoms with Crippen LogP contribution in [-0.2, 0) is 16.1 Å². The summed E-state index contributed by atoms with van der Waals surface area (Å²) in [6.07, 6.45) is -3.36. The monoisotopic (exact) mass is 419 g/mol. The van der Waals surface area contributed by atoms with Gasteiger partial charge in [0.15, 0.2) is 6.10 Å². The molecule has 2 aromatic rings. The van der Waals surface area contributed by atoms with Crippen molar-refractivity contribution in [3.05, 3.63) is 65.0 Å². The van der Waals surface area contributed by atoms with Crippen molar-refractivity contribution in [2.24, 2.45) is 0 Å². The first-order valence-corrected chi connectivity index (χ1v) is 8.08. The molecule has 0 spiro atoms. The van der Waals surface area contributed by atoms with Crippen LogP contribution in [0.1, 0.15) is 12.0 Å². The van der Waals surface area contributed by atoms with Gasteiger partial charge in [0.1, 0.15) is 6.61 Å². The van der Waals surface area contributed by atoms with E-state index in [1.54, 1.807) is 30.3 Å². The van der Waals surface area contributed by atoms with Gasteiger partial charge in [-0.1, -0.05) is 30.3 Å². The quantitative estimate of drug-likeness (QED) is 0.237. The second-order valence-corrected chi connectivity index (χ2v) is 5.61. The molecule has 0 radical (unpaired) electrons. The Hall–Kier alpha value is -3.21. The Labute approximate surface area is 160 Å². The van der Waals surface area contributed by atoms with Crippen molar-refractivity contribution in [3.8, 4) is 5.75 Å². The highest BCUT2D eigenvalue weighted by Gasteiger charge is 2.30. The highest BCUT2D eigenvalue weighted by molar-refractivity contribution is 5.77. The average molecular weight is 419 g/mol. The highest BCUT2D eigenvalue weighted by atomic mass is 19.2. The van der Waals surface area contributed by atoms with Gasteiger partial charge < -0.3 is 19.9 Å². The number of nitrogens with one attached hydrogen (secondary N) is 1. The summed E-state index contributed by atoms with van der Waals surface area (Å²) in [5.41, 5.74) is 0.717. The van der Waals surface area contributed by atoms with Crippen molar-refractivity contribution in [1.29, 1.82) is 0 Å². The van der Waals surface area contributed by atoms with Crippen molar-refractivity contribution in [2.75, 3.05) is 6.54 Å². The van der Waals surface area contributed by atoms with E-state index in [0.717, 1.165) is 0 Å². The molecule has 1 amide bonds. The fourth-order valence-electron chi connectivity index (χ4n) is 2.05. The Balaban J connectivity index is 1.83. The highest BCUT2D eigenvalue weighted by Crippen LogP contribution is 2.29. The normalized spacial score (nSPS) is 11.7. The standard InChI is InChI=1S/C18H14F5NO5/c19-11-12(20)14(22)16(15(23)13(11)21)29-17(26)10(25)6-7-24-18(27)28-8-9-4-2-1-3-5-9/h1-5,10,25H,6-8H2,(H,24,27). The number of alkyl carbamates (subject to hydrolysis) is 1. The average Bonchev–Trinajstić information content (AvgIpc) is 2.73. The van der Waals surface area contributed by atoms with Gasteiger partial charge in [-0.05, 0) is 5.56 Å². The maximum atomic E-state index is 13.5. The molecular formula is C18H14F5NO5. The van der Waals surface area contributed by atoms with Gasteiger partial charge in [0, 0.05) is 13.0 Å². The lowest BCUT2D eigenvalue weighted by Crippen LogP contribution is -2.33. The fraction of sp³-hybridized carbons (Fsp3) is 0.222. The molecular weight excluding hydrogens is 405 g/mol. The Bertz CT molecular complexity index is 865. The van der Waals surface area contributed by atoms with Crippen molar-refractivity contribution < 1.29 is 46.1 Å². The summed E-state index contributed by atoms with van der Waals surface area (Å²) >= 11 is 0. The number of aliphatic hydroxyl groups excluding tert-OH is 1. The van der Waals surface area contributed by atoms with Gasteiger partial charge in [-0.2, -0.15) is 8.78 Å². The van der Waals surface area contributed by atoms with E-state index in [4.69, 9.17) is 4.74 Å². The number of esters is 1. The van der Waals surface area contributed by atoms with Crippen LogP contribution in [0.4, 0.5) is 26.7 Å². The molecule has 6 nitrogen and oxygen atoms in total. The molecule has 0 saturated carbocycles. The van der Waals surface area contributed by atoms with E-state index >= 15 is 0 Å². The van der Waals surface area contributed by atoms with Crippen LogP contribution in [0.15, 0.2) is 30.3 Å². The largest absolute Gasteiger partial charge is 0.445 e. The van der Waals surface area contributed by atoms with Crippen molar-refractivity contribution in [3.63, 3.8) is 0 Å². The van der Waals surface area contributed by atoms with Crippen LogP contribution >= 0.6 is 0 Å². The molecule has 2 aromatic carbocycles. The smallest absolute Gasteiger partial charge is 0.407 e. The molecule has 156 valence electrons. The minimum Gasteiger partial charge on any atom is -0.445 e. The third kappa shape index (κ3) is 5.64. The van der Waals surface area contributed by atoms with Crippen LogP contribution in [0.2, 0.25) is 0 Å². The second-order valence-electron chi connectivity index (χ2n) is 5.61. The van der Waals surface area contributed by atoms with Crippen molar-refractivity contribution in [1.82, 2.24) is 5.32 Å². The van der Waals surface area contributed by atoms with Gasteiger partial charge in [-0.25, -0.2) is 22.8 Å². The van der Waals surface area contributed by atoms with Gasteiger partial charge in [-0.15, -0.1) is 0 Å². The summed E-state index contributed by atoms with van der Waals surface area (Å²) in [5, 5.41) is 11.8. The molecule has 0 aliphatic carbocycles. The zero-order valence-corrected chi connectivity index (χ0v) is 14.6. The minimum absolute atomic E-state index is 0.0302. The molecule has 0 fully saturated rings. The summed E-state index contributed by atoms with van der Waals surface area (Å²) in [4.78, 5) is 23.1. The molecule has 2 rings (SSSR count). The van der Waals surface area contributed by atoms with Crippen molar-refractivity contribution in [2.45, 2.75) is 19.1 Å². The molecule has 0 aliphatic rings. The van der Waals surface area contributed by atoms with Crippen LogP contribution in [-0.4, -0.2) is 29.8 Å². The summed E-state index contributed by atoms with van der Waals surface area (Å²) in [7, 11) is 0. The van der Waals surface area contributed by atoms with Gasteiger partial charge in [0.2, 0.25) is 34.8 Å². The number of carbonyl (C=O) groups excluding carboxylic acids is 2. The molecule has 0 bridgehead atoms. The topological polar surface area (TPSA) is 84.9 Å². The van der Waals surface area contributed by atoms with E-state index in [-0.39, 0.29) is 13.2 Å². The fourth-order valence-corrected chi connectivity index (χ4v) is 2.05. The number of hydrogen-bond donors (Lipinski definition) is 2. The molecule has 1 unspecified atom stereocenters. The summed E-state index contributed by atoms with van der Waals surface area (Å²) in [6, 6.07) is 8.68. The van der Waals surface area contributed by atoms with Crippen LogP contribution in [0.5, 0.6) is 5.75 Å². The SMILES string of the molecule is O=C(NCCC(O)C(=O)Oc1c(F)c(F)c(F)c(F)c1F)OCc1ccccc1. The molecule has 2 N–H and O–H groups in total. The van der Waals surface area contributed by atoms with E-state index in [1.165, 1.54) is 0 Å². The molecule has 11 heteroatoms. The number of benzene rings is 2. The lowest BCUT2D eigenvalue weighted by atomic mass is 10.2. The number of amides is 1. The molecule has 0 aromatic heterocycles. The minimum atomic E-state index is -2.42. The second kappa shape index (κ2) is 9.82. The Morgan fingerprint density at radius 1 is 0.931 bits per heavy atom. The van der Waals surface area contributed by atoms with Gasteiger partial charge in [-0.3, -0.25) is 0 Å². The third-order valence-corrected chi connectivity index (χ3v) is 3.54. The van der Waals surface area contributed by atoms with Crippen LogP contribution in [0.3, 0.4) is 0 Å². The van der Waals surface area contributed by atoms with Gasteiger partial charge in [0.05, 0.1) is 0 Å². The maximum absolute atomic E-state index is 13.5. The molecule has 1 atom stereocenters. The van der Waals surface area contributed by atoms with E-state index < -0.39 is 59.4 Å². The zero-order chi connectivity index (χ0) is 21.6. The lowest BCUT2D eigenvalue weighted by Gasteiger charge is -2.13. The number of halogens is 5. The van der Waals surface area contributed by atoms with Crippen LogP contribution in [0, 0.1) is 29.1 Å². The number of ether oxygens (including phenoxy) is 2. The van der Waals surface area contributed by atoms with Gasteiger partial charge in [0.25, 0.3) is 0 Å². The number of carbonyl (C=O) groups is 2. The van der Waals surface area contributed by atoms with Crippen molar-refractivity contribution >= 4 is 12.1 Å². The van der Waals surface area contributed by atoms with Crippen LogP contribution in [0.25, 0.3) is 0 Å². The van der Waals surface area contributed by atoms with E-state index in [1.807, 2.05) is 0 Å². The molecule has 29 heavy (non-hydrogen) atoms. The first-order valence-electron chi connectivity index (χ1n) is 8.08. The number of hydrogen-bond acceptors (Lipinski definition) is 5. The van der Waals surface area contributed by atoms with E-state index in [0.29, 0.717) is 5.56 Å². The number of rotatable bonds is 7. The maximum Gasteiger partial charge on any atom is 0.407 e. The predicted molar refractivity (Wildman–Crippen MR) is 87.1 cm³/mol. The Morgan fingerprint density at radius 3 is 2.07 bits per heavy atom. The summed E-state index contributed by atoms with van der Waals surface area (Å²) in [6.45, 7) is -0.335. The third-order valence-electron chi connectivity index (χ3n) is 3.54. The van der Waals surface area contributed by atoms with Gasteiger partial charge >= 0.3 is 12.1 Å². The first-order chi connectivity index (χ1) is 13.7. The molecule has 0 heterocycles. The molecule has 0 saturated heterocycles. The predicted octanol–water partition coefficient (Wildman–Crippen LogP) is 2.96.